The molecular formula is C10H10F6N2O2. The summed E-state index contributed by atoms with van der Waals surface area (Å²) in [5.41, 5.74) is -4.49. The standard InChI is InChI=1S/C10H10F6N2O2/c1-3-8(9(11,12)13,10(14,15)16)7(19)17-6-4-5(2)20-18-6/h4H,3H2,1-2H3,(H,17,18,19). The fourth-order valence-electron chi connectivity index (χ4n) is 1.63. The van der Waals surface area contributed by atoms with E-state index in [0.29, 0.717) is 6.92 Å². The minimum atomic E-state index is -5.79. The van der Waals surface area contributed by atoms with Crippen LogP contribution in [0.4, 0.5) is 32.2 Å². The third-order valence-electron chi connectivity index (χ3n) is 2.76. The Labute approximate surface area is 109 Å². The van der Waals surface area contributed by atoms with Gasteiger partial charge in [-0.25, -0.2) is 0 Å². The number of rotatable bonds is 3. The smallest absolute Gasteiger partial charge is 0.360 e. The lowest BCUT2D eigenvalue weighted by molar-refractivity contribution is -0.324. The van der Waals surface area contributed by atoms with Crippen molar-refractivity contribution in [3.8, 4) is 0 Å². The van der Waals surface area contributed by atoms with E-state index < -0.39 is 35.9 Å². The van der Waals surface area contributed by atoms with Crippen LogP contribution in [0, 0.1) is 12.3 Å². The van der Waals surface area contributed by atoms with E-state index in [-0.39, 0.29) is 5.76 Å². The van der Waals surface area contributed by atoms with E-state index in [0.717, 1.165) is 6.07 Å². The van der Waals surface area contributed by atoms with Gasteiger partial charge in [0.2, 0.25) is 11.3 Å². The van der Waals surface area contributed by atoms with Gasteiger partial charge >= 0.3 is 12.4 Å². The minimum Gasteiger partial charge on any atom is -0.360 e. The highest BCUT2D eigenvalue weighted by Gasteiger charge is 2.74. The van der Waals surface area contributed by atoms with Gasteiger partial charge in [0.1, 0.15) is 5.76 Å². The molecule has 20 heavy (non-hydrogen) atoms. The molecule has 1 N–H and O–H groups in total. The molecule has 0 aliphatic carbocycles. The zero-order valence-electron chi connectivity index (χ0n) is 10.3. The van der Waals surface area contributed by atoms with Gasteiger partial charge in [-0.05, 0) is 13.3 Å². The molecule has 1 heterocycles. The molecule has 114 valence electrons. The molecule has 0 spiro atoms. The Kier molecular flexibility index (Phi) is 4.07. The second-order valence-electron chi connectivity index (χ2n) is 4.03. The van der Waals surface area contributed by atoms with E-state index in [1.807, 2.05) is 0 Å². The topological polar surface area (TPSA) is 55.1 Å². The van der Waals surface area contributed by atoms with Gasteiger partial charge in [-0.1, -0.05) is 12.1 Å². The summed E-state index contributed by atoms with van der Waals surface area (Å²) in [5.74, 6) is -2.63. The number of aryl methyl sites for hydroxylation is 1. The van der Waals surface area contributed by atoms with Crippen LogP contribution >= 0.6 is 0 Å². The Hall–Kier alpha value is -1.74. The van der Waals surface area contributed by atoms with Gasteiger partial charge in [-0.2, -0.15) is 26.3 Å². The predicted molar refractivity (Wildman–Crippen MR) is 54.7 cm³/mol. The summed E-state index contributed by atoms with van der Waals surface area (Å²) < 4.78 is 81.3. The fourth-order valence-corrected chi connectivity index (χ4v) is 1.63. The van der Waals surface area contributed by atoms with E-state index in [1.165, 1.54) is 12.2 Å². The molecule has 0 aliphatic heterocycles. The molecule has 1 amide bonds. The van der Waals surface area contributed by atoms with Crippen LogP contribution in [0.3, 0.4) is 0 Å². The number of hydrogen-bond acceptors (Lipinski definition) is 3. The van der Waals surface area contributed by atoms with Crippen LogP contribution < -0.4 is 5.32 Å². The number of halogens is 6. The second kappa shape index (κ2) is 4.98. The summed E-state index contributed by atoms with van der Waals surface area (Å²) in [6, 6.07) is 1.01. The summed E-state index contributed by atoms with van der Waals surface area (Å²) >= 11 is 0. The summed E-state index contributed by atoms with van der Waals surface area (Å²) in [6.07, 6.45) is -13.1. The van der Waals surface area contributed by atoms with E-state index >= 15 is 0 Å². The molecule has 0 aromatic carbocycles. The SMILES string of the molecule is CCC(C(=O)Nc1cc(C)on1)(C(F)(F)F)C(F)(F)F. The van der Waals surface area contributed by atoms with Gasteiger partial charge in [0, 0.05) is 6.07 Å². The minimum absolute atomic E-state index is 0.126. The number of hydrogen-bond donors (Lipinski definition) is 1. The Morgan fingerprint density at radius 2 is 1.75 bits per heavy atom. The van der Waals surface area contributed by atoms with Gasteiger partial charge in [0.15, 0.2) is 5.82 Å². The Morgan fingerprint density at radius 1 is 1.25 bits per heavy atom. The van der Waals surface area contributed by atoms with Crippen molar-refractivity contribution in [2.75, 3.05) is 5.32 Å². The molecule has 0 atom stereocenters. The number of alkyl halides is 6. The van der Waals surface area contributed by atoms with Crippen LogP contribution in [-0.2, 0) is 4.79 Å². The predicted octanol–water partition coefficient (Wildman–Crippen LogP) is 3.44. The first kappa shape index (κ1) is 16.3. The first-order chi connectivity index (χ1) is 8.95. The highest BCUT2D eigenvalue weighted by molar-refractivity contribution is 5.95. The number of carbonyl (C=O) groups excluding carboxylic acids is 1. The summed E-state index contributed by atoms with van der Waals surface area (Å²) in [5, 5.41) is 4.61. The number of aromatic nitrogens is 1. The lowest BCUT2D eigenvalue weighted by Crippen LogP contribution is -2.57. The number of anilines is 1. The van der Waals surface area contributed by atoms with E-state index in [1.54, 1.807) is 0 Å². The van der Waals surface area contributed by atoms with Crippen LogP contribution in [-0.4, -0.2) is 23.4 Å². The molecule has 0 radical (unpaired) electrons. The molecule has 1 aromatic heterocycles. The molecule has 0 saturated carbocycles. The molecule has 0 bridgehead atoms. The molecule has 10 heteroatoms. The molecule has 1 aromatic rings. The summed E-state index contributed by atoms with van der Waals surface area (Å²) in [6.45, 7) is 2.00. The van der Waals surface area contributed by atoms with Gasteiger partial charge in [0.05, 0.1) is 0 Å². The van der Waals surface area contributed by atoms with Crippen molar-refractivity contribution in [2.45, 2.75) is 32.6 Å². The van der Waals surface area contributed by atoms with Gasteiger partial charge in [-0.15, -0.1) is 0 Å². The molecule has 0 saturated heterocycles. The number of amides is 1. The number of carbonyl (C=O) groups is 1. The van der Waals surface area contributed by atoms with E-state index in [2.05, 4.69) is 9.68 Å². The first-order valence-corrected chi connectivity index (χ1v) is 5.34. The van der Waals surface area contributed by atoms with Crippen molar-refractivity contribution < 1.29 is 35.7 Å². The highest BCUT2D eigenvalue weighted by atomic mass is 19.4. The van der Waals surface area contributed by atoms with Crippen LogP contribution in [0.5, 0.6) is 0 Å². The van der Waals surface area contributed by atoms with Crippen LogP contribution in [0.15, 0.2) is 10.6 Å². The Morgan fingerprint density at radius 3 is 2.05 bits per heavy atom. The molecule has 4 nitrogen and oxygen atoms in total. The van der Waals surface area contributed by atoms with Gasteiger partial charge in [-0.3, -0.25) is 4.79 Å². The van der Waals surface area contributed by atoms with Crippen molar-refractivity contribution in [1.29, 1.82) is 0 Å². The first-order valence-electron chi connectivity index (χ1n) is 5.34. The maximum atomic E-state index is 12.8. The average Bonchev–Trinajstić information content (AvgIpc) is 2.60. The molecule has 1 rings (SSSR count). The largest absolute Gasteiger partial charge is 0.412 e. The third-order valence-corrected chi connectivity index (χ3v) is 2.76. The van der Waals surface area contributed by atoms with Crippen LogP contribution in [0.2, 0.25) is 0 Å². The monoisotopic (exact) mass is 304 g/mol. The van der Waals surface area contributed by atoms with Crippen LogP contribution in [0.1, 0.15) is 19.1 Å². The summed E-state index contributed by atoms with van der Waals surface area (Å²) in [7, 11) is 0. The zero-order chi connectivity index (χ0) is 15.8. The van der Waals surface area contributed by atoms with E-state index in [4.69, 9.17) is 0 Å². The summed E-state index contributed by atoms with van der Waals surface area (Å²) in [4.78, 5) is 11.5. The van der Waals surface area contributed by atoms with Crippen LogP contribution in [0.25, 0.3) is 0 Å². The van der Waals surface area contributed by atoms with Crippen molar-refractivity contribution >= 4 is 11.7 Å². The van der Waals surface area contributed by atoms with Gasteiger partial charge < -0.3 is 9.84 Å². The molecule has 0 fully saturated rings. The third kappa shape index (κ3) is 2.59. The lowest BCUT2D eigenvalue weighted by atomic mass is 9.82. The maximum Gasteiger partial charge on any atom is 0.412 e. The fraction of sp³-hybridized carbons (Fsp3) is 0.600. The molecule has 0 aliphatic rings. The number of nitrogens with one attached hydrogen (secondary N) is 1. The van der Waals surface area contributed by atoms with Crippen molar-refractivity contribution in [3.05, 3.63) is 11.8 Å². The van der Waals surface area contributed by atoms with Crippen molar-refractivity contribution in [3.63, 3.8) is 0 Å². The lowest BCUT2D eigenvalue weighted by Gasteiger charge is -2.34. The zero-order valence-corrected chi connectivity index (χ0v) is 10.3. The molecular weight excluding hydrogens is 294 g/mol. The highest BCUT2D eigenvalue weighted by Crippen LogP contribution is 2.53. The second-order valence-corrected chi connectivity index (χ2v) is 4.03. The number of nitrogens with zero attached hydrogens (tertiary/aromatic N) is 1. The molecule has 0 unspecified atom stereocenters. The normalized spacial score (nSPS) is 13.4. The Balaban J connectivity index is 3.21. The van der Waals surface area contributed by atoms with E-state index in [9.17, 15) is 31.1 Å². The average molecular weight is 304 g/mol. The van der Waals surface area contributed by atoms with Crippen molar-refractivity contribution in [2.24, 2.45) is 5.41 Å². The quantitative estimate of drug-likeness (QED) is 0.870. The maximum absolute atomic E-state index is 12.8. The van der Waals surface area contributed by atoms with Gasteiger partial charge in [0.25, 0.3) is 0 Å². The van der Waals surface area contributed by atoms with Crippen molar-refractivity contribution in [1.82, 2.24) is 5.16 Å². The Bertz CT molecular complexity index is 477.